The Kier molecular flexibility index (Phi) is 5.39. The van der Waals surface area contributed by atoms with Crippen LogP contribution < -0.4 is 20.1 Å². The molecule has 0 aliphatic carbocycles. The summed E-state index contributed by atoms with van der Waals surface area (Å²) in [6.45, 7) is 0. The van der Waals surface area contributed by atoms with Crippen molar-refractivity contribution in [2.45, 2.75) is 0 Å². The van der Waals surface area contributed by atoms with Crippen molar-refractivity contribution in [3.63, 3.8) is 0 Å². The predicted octanol–water partition coefficient (Wildman–Crippen LogP) is 5.01. The van der Waals surface area contributed by atoms with Crippen LogP contribution in [0.25, 0.3) is 11.1 Å². The van der Waals surface area contributed by atoms with Gasteiger partial charge in [-0.25, -0.2) is 4.79 Å². The zero-order valence-electron chi connectivity index (χ0n) is 14.7. The molecule has 0 aromatic heterocycles. The largest absolute Gasteiger partial charge is 0.497 e. The molecule has 132 valence electrons. The Morgan fingerprint density at radius 2 is 1.46 bits per heavy atom. The molecule has 26 heavy (non-hydrogen) atoms. The van der Waals surface area contributed by atoms with Gasteiger partial charge < -0.3 is 20.1 Å². The normalized spacial score (nSPS) is 10.1. The van der Waals surface area contributed by atoms with E-state index in [0.717, 1.165) is 11.1 Å². The maximum Gasteiger partial charge on any atom is 0.323 e. The summed E-state index contributed by atoms with van der Waals surface area (Å²) in [5.41, 5.74) is 3.49. The lowest BCUT2D eigenvalue weighted by atomic mass is 10.1. The molecular formula is C21H20N2O3. The van der Waals surface area contributed by atoms with Gasteiger partial charge in [-0.05, 0) is 35.4 Å². The summed E-state index contributed by atoms with van der Waals surface area (Å²) in [5.74, 6) is 1.18. The van der Waals surface area contributed by atoms with Gasteiger partial charge >= 0.3 is 6.03 Å². The van der Waals surface area contributed by atoms with Crippen LogP contribution >= 0.6 is 0 Å². The van der Waals surface area contributed by atoms with Crippen molar-refractivity contribution in [1.82, 2.24) is 0 Å². The standard InChI is InChI=1S/C21H20N2O3/c1-25-18-12-13-19(20(14-18)26-2)23-21(24)22-17-10-8-16(9-11-17)15-6-4-3-5-7-15/h3-14H,1-2H3,(H2,22,23,24). The minimum Gasteiger partial charge on any atom is -0.497 e. The van der Waals surface area contributed by atoms with Gasteiger partial charge in [-0.15, -0.1) is 0 Å². The van der Waals surface area contributed by atoms with Crippen LogP contribution in [0.3, 0.4) is 0 Å². The minimum atomic E-state index is -0.346. The first kappa shape index (κ1) is 17.4. The van der Waals surface area contributed by atoms with Crippen molar-refractivity contribution in [3.8, 4) is 22.6 Å². The highest BCUT2D eigenvalue weighted by atomic mass is 16.5. The van der Waals surface area contributed by atoms with Crippen molar-refractivity contribution < 1.29 is 14.3 Å². The second kappa shape index (κ2) is 8.07. The van der Waals surface area contributed by atoms with Crippen molar-refractivity contribution in [2.75, 3.05) is 24.9 Å². The monoisotopic (exact) mass is 348 g/mol. The summed E-state index contributed by atoms with van der Waals surface area (Å²) in [5, 5.41) is 5.59. The molecule has 0 heterocycles. The van der Waals surface area contributed by atoms with Gasteiger partial charge in [-0.1, -0.05) is 42.5 Å². The number of anilines is 2. The van der Waals surface area contributed by atoms with E-state index in [-0.39, 0.29) is 6.03 Å². The van der Waals surface area contributed by atoms with Gasteiger partial charge in [0.25, 0.3) is 0 Å². The second-order valence-corrected chi connectivity index (χ2v) is 5.59. The number of urea groups is 1. The SMILES string of the molecule is COc1ccc(NC(=O)Nc2ccc(-c3ccccc3)cc2)c(OC)c1. The lowest BCUT2D eigenvalue weighted by molar-refractivity contribution is 0.262. The number of hydrogen-bond acceptors (Lipinski definition) is 3. The van der Waals surface area contributed by atoms with Crippen LogP contribution in [-0.4, -0.2) is 20.3 Å². The number of hydrogen-bond donors (Lipinski definition) is 2. The van der Waals surface area contributed by atoms with E-state index >= 15 is 0 Å². The summed E-state index contributed by atoms with van der Waals surface area (Å²) in [6, 6.07) is 22.6. The van der Waals surface area contributed by atoms with E-state index in [1.54, 1.807) is 32.4 Å². The number of nitrogens with one attached hydrogen (secondary N) is 2. The molecule has 0 aliphatic rings. The highest BCUT2D eigenvalue weighted by Gasteiger charge is 2.09. The summed E-state index contributed by atoms with van der Waals surface area (Å²) in [7, 11) is 3.12. The molecule has 5 nitrogen and oxygen atoms in total. The Morgan fingerprint density at radius 3 is 2.12 bits per heavy atom. The van der Waals surface area contributed by atoms with E-state index < -0.39 is 0 Å². The van der Waals surface area contributed by atoms with Crippen LogP contribution in [0.5, 0.6) is 11.5 Å². The molecule has 2 amide bonds. The zero-order valence-corrected chi connectivity index (χ0v) is 14.7. The van der Waals surface area contributed by atoms with E-state index in [1.165, 1.54) is 0 Å². The Balaban J connectivity index is 1.67. The number of carbonyl (C=O) groups excluding carboxylic acids is 1. The molecule has 0 bridgehead atoms. The third kappa shape index (κ3) is 4.13. The van der Waals surface area contributed by atoms with Crippen LogP contribution in [0.2, 0.25) is 0 Å². The topological polar surface area (TPSA) is 59.6 Å². The summed E-state index contributed by atoms with van der Waals surface area (Å²) >= 11 is 0. The van der Waals surface area contributed by atoms with E-state index in [2.05, 4.69) is 10.6 Å². The molecular weight excluding hydrogens is 328 g/mol. The van der Waals surface area contributed by atoms with Gasteiger partial charge in [0, 0.05) is 11.8 Å². The van der Waals surface area contributed by atoms with Crippen LogP contribution in [0, 0.1) is 0 Å². The van der Waals surface area contributed by atoms with Crippen molar-refractivity contribution in [3.05, 3.63) is 72.8 Å². The summed E-state index contributed by atoms with van der Waals surface area (Å²) < 4.78 is 10.4. The first-order valence-corrected chi connectivity index (χ1v) is 8.15. The second-order valence-electron chi connectivity index (χ2n) is 5.59. The van der Waals surface area contributed by atoms with Crippen molar-refractivity contribution in [1.29, 1.82) is 0 Å². The Bertz CT molecular complexity index is 878. The third-order valence-corrected chi connectivity index (χ3v) is 3.91. The van der Waals surface area contributed by atoms with Crippen LogP contribution in [0.1, 0.15) is 0 Å². The van der Waals surface area contributed by atoms with Gasteiger partial charge in [-0.2, -0.15) is 0 Å². The van der Waals surface area contributed by atoms with Crippen molar-refractivity contribution >= 4 is 17.4 Å². The Morgan fingerprint density at radius 1 is 0.769 bits per heavy atom. The van der Waals surface area contributed by atoms with E-state index in [1.807, 2.05) is 54.6 Å². The van der Waals surface area contributed by atoms with Gasteiger partial charge in [0.05, 0.1) is 19.9 Å². The molecule has 0 radical (unpaired) electrons. The number of amides is 2. The molecule has 0 aliphatic heterocycles. The molecule has 0 spiro atoms. The number of rotatable bonds is 5. The van der Waals surface area contributed by atoms with Gasteiger partial charge in [0.1, 0.15) is 11.5 Å². The number of carbonyl (C=O) groups is 1. The molecule has 0 unspecified atom stereocenters. The summed E-state index contributed by atoms with van der Waals surface area (Å²) in [6.07, 6.45) is 0. The number of ether oxygens (including phenoxy) is 2. The molecule has 5 heteroatoms. The van der Waals surface area contributed by atoms with E-state index in [4.69, 9.17) is 9.47 Å². The quantitative estimate of drug-likeness (QED) is 0.681. The fourth-order valence-electron chi connectivity index (χ4n) is 2.56. The molecule has 3 aromatic carbocycles. The van der Waals surface area contributed by atoms with Crippen molar-refractivity contribution in [2.24, 2.45) is 0 Å². The maximum atomic E-state index is 12.3. The smallest absolute Gasteiger partial charge is 0.323 e. The Labute approximate surface area is 152 Å². The first-order valence-electron chi connectivity index (χ1n) is 8.15. The molecule has 0 atom stereocenters. The Hall–Kier alpha value is -3.47. The molecule has 3 aromatic rings. The fraction of sp³-hybridized carbons (Fsp3) is 0.0952. The van der Waals surface area contributed by atoms with Gasteiger partial charge in [0.15, 0.2) is 0 Å². The zero-order chi connectivity index (χ0) is 18.4. The fourth-order valence-corrected chi connectivity index (χ4v) is 2.56. The molecule has 2 N–H and O–H groups in total. The highest BCUT2D eigenvalue weighted by molar-refractivity contribution is 6.00. The average Bonchev–Trinajstić information content (AvgIpc) is 2.69. The predicted molar refractivity (Wildman–Crippen MR) is 104 cm³/mol. The molecule has 0 saturated heterocycles. The van der Waals surface area contributed by atoms with E-state index in [9.17, 15) is 4.79 Å². The van der Waals surface area contributed by atoms with Crippen LogP contribution in [0.15, 0.2) is 72.8 Å². The lowest BCUT2D eigenvalue weighted by Gasteiger charge is -2.12. The summed E-state index contributed by atoms with van der Waals surface area (Å²) in [4.78, 5) is 12.3. The lowest BCUT2D eigenvalue weighted by Crippen LogP contribution is -2.19. The number of methoxy groups -OCH3 is 2. The third-order valence-electron chi connectivity index (χ3n) is 3.91. The van der Waals surface area contributed by atoms with Gasteiger partial charge in [-0.3, -0.25) is 0 Å². The molecule has 0 saturated carbocycles. The van der Waals surface area contributed by atoms with Crippen LogP contribution in [-0.2, 0) is 0 Å². The van der Waals surface area contributed by atoms with Gasteiger partial charge in [0.2, 0.25) is 0 Å². The van der Waals surface area contributed by atoms with Crippen LogP contribution in [0.4, 0.5) is 16.2 Å². The average molecular weight is 348 g/mol. The molecule has 3 rings (SSSR count). The minimum absolute atomic E-state index is 0.346. The van der Waals surface area contributed by atoms with E-state index in [0.29, 0.717) is 22.9 Å². The highest BCUT2D eigenvalue weighted by Crippen LogP contribution is 2.29. The first-order chi connectivity index (χ1) is 12.7. The number of benzene rings is 3. The molecule has 0 fully saturated rings. The maximum absolute atomic E-state index is 12.3.